The number of alkyl carbamates (subject to hydrolysis) is 1. The number of likely N-dealkylation sites (N-methyl/N-ethyl adjacent to an activating group) is 1. The topological polar surface area (TPSA) is 134 Å². The lowest BCUT2D eigenvalue weighted by molar-refractivity contribution is -0.144. The van der Waals surface area contributed by atoms with Crippen LogP contribution in [0.5, 0.6) is 0 Å². The summed E-state index contributed by atoms with van der Waals surface area (Å²) >= 11 is 0. The van der Waals surface area contributed by atoms with E-state index in [1.165, 1.54) is 0 Å². The number of rotatable bonds is 9. The van der Waals surface area contributed by atoms with E-state index in [0.717, 1.165) is 4.90 Å². The third kappa shape index (κ3) is 9.02. The number of alkyl halides is 2. The number of amides is 4. The lowest BCUT2D eigenvalue weighted by atomic mass is 9.85. The summed E-state index contributed by atoms with van der Waals surface area (Å²) in [6, 6.07) is -4.10. The van der Waals surface area contributed by atoms with Crippen LogP contribution in [0.1, 0.15) is 74.7 Å². The molecular formula is C24H40F2N4O6. The van der Waals surface area contributed by atoms with Crippen molar-refractivity contribution in [1.82, 2.24) is 20.9 Å². The third-order valence-corrected chi connectivity index (χ3v) is 5.40. The smallest absolute Gasteiger partial charge is 0.408 e. The Morgan fingerprint density at radius 2 is 1.61 bits per heavy atom. The van der Waals surface area contributed by atoms with E-state index in [9.17, 15) is 32.8 Å². The van der Waals surface area contributed by atoms with Crippen molar-refractivity contribution in [3.63, 3.8) is 0 Å². The number of ether oxygens (including phenoxy) is 1. The fourth-order valence-corrected chi connectivity index (χ4v) is 3.75. The van der Waals surface area contributed by atoms with Crippen molar-refractivity contribution < 1.29 is 37.5 Å². The minimum Gasteiger partial charge on any atom is -0.444 e. The molecule has 206 valence electrons. The van der Waals surface area contributed by atoms with Gasteiger partial charge in [-0.3, -0.25) is 19.2 Å². The molecule has 0 bridgehead atoms. The molecule has 3 N–H and O–H groups in total. The van der Waals surface area contributed by atoms with E-state index in [1.54, 1.807) is 55.4 Å². The maximum absolute atomic E-state index is 14.5. The molecule has 0 aromatic heterocycles. The van der Waals surface area contributed by atoms with Crippen molar-refractivity contribution in [1.29, 1.82) is 0 Å². The normalized spacial score (nSPS) is 19.2. The number of carbonyl (C=O) groups is 5. The van der Waals surface area contributed by atoms with Crippen molar-refractivity contribution in [3.8, 4) is 0 Å². The van der Waals surface area contributed by atoms with Gasteiger partial charge in [0.25, 0.3) is 11.8 Å². The monoisotopic (exact) mass is 518 g/mol. The van der Waals surface area contributed by atoms with Gasteiger partial charge in [-0.15, -0.1) is 0 Å². The predicted octanol–water partition coefficient (Wildman–Crippen LogP) is 2.15. The van der Waals surface area contributed by atoms with Crippen LogP contribution in [0.2, 0.25) is 0 Å². The number of ketones is 1. The standard InChI is InChI=1S/C24H40F2N4O6/c1-9-11-14(16(31)19(33)27-10-2)28-18(32)15-12-24(25,26)13-30(15)20(34)17(22(3,4)5)29-21(35)36-23(6,7)8/h14-15,17H,9-13H2,1-8H3,(H,27,33)(H,28,32)(H,29,35)/t14?,15-,17+/m0/s1. The van der Waals surface area contributed by atoms with E-state index < -0.39 is 77.6 Å². The minimum atomic E-state index is -3.37. The van der Waals surface area contributed by atoms with E-state index >= 15 is 0 Å². The van der Waals surface area contributed by atoms with Gasteiger partial charge in [-0.25, -0.2) is 13.6 Å². The summed E-state index contributed by atoms with van der Waals surface area (Å²) in [6.07, 6.45) is -1.31. The average molecular weight is 519 g/mol. The molecule has 1 rings (SSSR count). The summed E-state index contributed by atoms with van der Waals surface area (Å²) in [4.78, 5) is 64.1. The van der Waals surface area contributed by atoms with Crippen LogP contribution >= 0.6 is 0 Å². The molecule has 12 heteroatoms. The highest BCUT2D eigenvalue weighted by Gasteiger charge is 2.53. The van der Waals surface area contributed by atoms with Crippen LogP contribution in [-0.2, 0) is 23.9 Å². The van der Waals surface area contributed by atoms with Gasteiger partial charge in [0.1, 0.15) is 17.7 Å². The molecule has 1 aliphatic rings. The van der Waals surface area contributed by atoms with Crippen molar-refractivity contribution in [2.45, 2.75) is 104 Å². The van der Waals surface area contributed by atoms with Crippen LogP contribution in [0.4, 0.5) is 13.6 Å². The summed E-state index contributed by atoms with van der Waals surface area (Å²) < 4.78 is 34.1. The quantitative estimate of drug-likeness (QED) is 0.401. The highest BCUT2D eigenvalue weighted by atomic mass is 19.3. The molecule has 4 amide bonds. The number of hydrogen-bond donors (Lipinski definition) is 3. The van der Waals surface area contributed by atoms with Gasteiger partial charge in [0.15, 0.2) is 0 Å². The van der Waals surface area contributed by atoms with Gasteiger partial charge in [-0.05, 0) is 39.5 Å². The van der Waals surface area contributed by atoms with Gasteiger partial charge < -0.3 is 25.6 Å². The summed E-state index contributed by atoms with van der Waals surface area (Å²) in [5, 5.41) is 7.19. The third-order valence-electron chi connectivity index (χ3n) is 5.40. The zero-order valence-corrected chi connectivity index (χ0v) is 22.4. The van der Waals surface area contributed by atoms with E-state index in [0.29, 0.717) is 6.42 Å². The number of carbonyl (C=O) groups excluding carboxylic acids is 5. The van der Waals surface area contributed by atoms with E-state index in [-0.39, 0.29) is 13.0 Å². The molecule has 0 radical (unpaired) electrons. The second-order valence-electron chi connectivity index (χ2n) is 11.1. The molecule has 1 unspecified atom stereocenters. The second kappa shape index (κ2) is 12.0. The molecule has 0 aromatic carbocycles. The number of Topliss-reactive ketones (excluding diaryl/α,β-unsaturated/α-hetero) is 1. The molecule has 1 saturated heterocycles. The molecule has 1 fully saturated rings. The van der Waals surface area contributed by atoms with E-state index in [4.69, 9.17) is 4.74 Å². The van der Waals surface area contributed by atoms with E-state index in [1.807, 2.05) is 0 Å². The zero-order chi connectivity index (χ0) is 28.1. The van der Waals surface area contributed by atoms with Crippen LogP contribution in [-0.4, -0.2) is 77.2 Å². The Morgan fingerprint density at radius 3 is 2.08 bits per heavy atom. The maximum atomic E-state index is 14.5. The Hall–Kier alpha value is -2.79. The fourth-order valence-electron chi connectivity index (χ4n) is 3.75. The summed E-state index contributed by atoms with van der Waals surface area (Å²) in [7, 11) is 0. The molecule has 0 aliphatic carbocycles. The first kappa shape index (κ1) is 31.2. The predicted molar refractivity (Wildman–Crippen MR) is 128 cm³/mol. The maximum Gasteiger partial charge on any atom is 0.408 e. The Labute approximate surface area is 211 Å². The highest BCUT2D eigenvalue weighted by molar-refractivity contribution is 6.38. The van der Waals surface area contributed by atoms with Crippen LogP contribution in [0.15, 0.2) is 0 Å². The second-order valence-corrected chi connectivity index (χ2v) is 11.1. The van der Waals surface area contributed by atoms with Crippen LogP contribution < -0.4 is 16.0 Å². The number of nitrogens with zero attached hydrogens (tertiary/aromatic N) is 1. The Bertz CT molecular complexity index is 851. The minimum absolute atomic E-state index is 0.115. The van der Waals surface area contributed by atoms with Gasteiger partial charge in [0.2, 0.25) is 17.6 Å². The van der Waals surface area contributed by atoms with Crippen molar-refractivity contribution in [2.24, 2.45) is 5.41 Å². The van der Waals surface area contributed by atoms with Gasteiger partial charge in [0.05, 0.1) is 12.6 Å². The number of halogens is 2. The lowest BCUT2D eigenvalue weighted by Crippen LogP contribution is -2.59. The largest absolute Gasteiger partial charge is 0.444 e. The molecule has 3 atom stereocenters. The van der Waals surface area contributed by atoms with Crippen LogP contribution in [0.25, 0.3) is 0 Å². The van der Waals surface area contributed by atoms with E-state index in [2.05, 4.69) is 16.0 Å². The summed E-state index contributed by atoms with van der Waals surface area (Å²) in [6.45, 7) is 12.3. The highest BCUT2D eigenvalue weighted by Crippen LogP contribution is 2.34. The number of nitrogens with one attached hydrogen (secondary N) is 3. The van der Waals surface area contributed by atoms with Crippen molar-refractivity contribution in [2.75, 3.05) is 13.1 Å². The average Bonchev–Trinajstić information content (AvgIpc) is 3.04. The number of likely N-dealkylation sites (tertiary alicyclic amines) is 1. The first-order valence-corrected chi connectivity index (χ1v) is 12.1. The first-order chi connectivity index (χ1) is 16.3. The molecule has 10 nitrogen and oxygen atoms in total. The summed E-state index contributed by atoms with van der Waals surface area (Å²) in [5.74, 6) is -7.01. The Kier molecular flexibility index (Phi) is 10.4. The molecule has 0 saturated carbocycles. The zero-order valence-electron chi connectivity index (χ0n) is 22.4. The Morgan fingerprint density at radius 1 is 1.03 bits per heavy atom. The molecule has 36 heavy (non-hydrogen) atoms. The number of hydrogen-bond acceptors (Lipinski definition) is 6. The summed E-state index contributed by atoms with van der Waals surface area (Å²) in [5.41, 5.74) is -1.77. The van der Waals surface area contributed by atoms with Crippen molar-refractivity contribution in [3.05, 3.63) is 0 Å². The van der Waals surface area contributed by atoms with Gasteiger partial charge >= 0.3 is 6.09 Å². The fraction of sp³-hybridized carbons (Fsp3) is 0.792. The van der Waals surface area contributed by atoms with Gasteiger partial charge in [0, 0.05) is 13.0 Å². The molecule has 0 spiro atoms. The van der Waals surface area contributed by atoms with Gasteiger partial charge in [-0.1, -0.05) is 34.1 Å². The van der Waals surface area contributed by atoms with Crippen LogP contribution in [0.3, 0.4) is 0 Å². The Balaban J connectivity index is 3.21. The van der Waals surface area contributed by atoms with Gasteiger partial charge in [-0.2, -0.15) is 0 Å². The molecule has 1 heterocycles. The SMILES string of the molecule is CCCC(NC(=O)[C@@H]1CC(F)(F)CN1C(=O)[C@@H](NC(=O)OC(C)(C)C)C(C)(C)C)C(=O)C(=O)NCC. The molecule has 0 aromatic rings. The first-order valence-electron chi connectivity index (χ1n) is 12.1. The molecule has 1 aliphatic heterocycles. The molecular weight excluding hydrogens is 478 g/mol. The van der Waals surface area contributed by atoms with Crippen LogP contribution in [0, 0.1) is 5.41 Å². The lowest BCUT2D eigenvalue weighted by Gasteiger charge is -2.35. The van der Waals surface area contributed by atoms with Crippen molar-refractivity contribution >= 4 is 29.6 Å².